The van der Waals surface area contributed by atoms with Crippen LogP contribution in [0.25, 0.3) is 0 Å². The molecule has 5 nitrogen and oxygen atoms in total. The van der Waals surface area contributed by atoms with Gasteiger partial charge in [-0.1, -0.05) is 23.7 Å². The fourth-order valence-electron chi connectivity index (χ4n) is 2.24. The highest BCUT2D eigenvalue weighted by Crippen LogP contribution is 2.26. The Kier molecular flexibility index (Phi) is 5.46. The molecule has 0 saturated heterocycles. The first-order valence-corrected chi connectivity index (χ1v) is 7.74. The summed E-state index contributed by atoms with van der Waals surface area (Å²) in [7, 11) is 0. The molecular weight excluding hydrogens is 330 g/mol. The van der Waals surface area contributed by atoms with E-state index in [4.69, 9.17) is 21.4 Å². The van der Waals surface area contributed by atoms with Crippen LogP contribution in [0.5, 0.6) is 5.75 Å². The van der Waals surface area contributed by atoms with Gasteiger partial charge in [0.2, 0.25) is 0 Å². The summed E-state index contributed by atoms with van der Waals surface area (Å²) in [6.07, 6.45) is -0.799. The monoisotopic (exact) mass is 347 g/mol. The van der Waals surface area contributed by atoms with Crippen molar-refractivity contribution in [1.82, 2.24) is 0 Å². The topological polar surface area (TPSA) is 75.6 Å². The predicted molar refractivity (Wildman–Crippen MR) is 93.0 cm³/mol. The first-order valence-electron chi connectivity index (χ1n) is 7.36. The largest absolute Gasteiger partial charge is 0.481 e. The van der Waals surface area contributed by atoms with Gasteiger partial charge >= 0.3 is 5.97 Å². The second-order valence-electron chi connectivity index (χ2n) is 5.47. The molecule has 0 bridgehead atoms. The zero-order chi connectivity index (χ0) is 17.9. The van der Waals surface area contributed by atoms with Crippen molar-refractivity contribution >= 4 is 29.2 Å². The molecular formula is C18H18ClNO4. The molecule has 0 heterocycles. The normalized spacial score (nSPS) is 11.7. The van der Waals surface area contributed by atoms with Crippen molar-refractivity contribution in [2.75, 3.05) is 5.32 Å². The lowest BCUT2D eigenvalue weighted by atomic mass is 10.1. The minimum absolute atomic E-state index is 0.0243. The number of aromatic carboxylic acids is 1. The van der Waals surface area contributed by atoms with Crippen LogP contribution in [0.4, 0.5) is 5.69 Å². The molecule has 2 aromatic carbocycles. The number of aryl methyl sites for hydroxylation is 2. The number of halogens is 1. The summed E-state index contributed by atoms with van der Waals surface area (Å²) in [5.74, 6) is -1.01. The van der Waals surface area contributed by atoms with E-state index in [0.29, 0.717) is 10.8 Å². The van der Waals surface area contributed by atoms with Gasteiger partial charge < -0.3 is 15.2 Å². The van der Waals surface area contributed by atoms with Gasteiger partial charge in [0, 0.05) is 5.02 Å². The van der Waals surface area contributed by atoms with Gasteiger partial charge in [-0.3, -0.25) is 4.79 Å². The second-order valence-corrected chi connectivity index (χ2v) is 5.85. The highest BCUT2D eigenvalue weighted by Gasteiger charge is 2.18. The van der Waals surface area contributed by atoms with Crippen molar-refractivity contribution in [3.63, 3.8) is 0 Å². The number of nitrogens with one attached hydrogen (secondary N) is 1. The van der Waals surface area contributed by atoms with E-state index in [9.17, 15) is 9.59 Å². The lowest BCUT2D eigenvalue weighted by Crippen LogP contribution is -2.30. The van der Waals surface area contributed by atoms with E-state index in [0.717, 1.165) is 11.1 Å². The molecule has 0 aromatic heterocycles. The average Bonchev–Trinajstić information content (AvgIpc) is 2.52. The van der Waals surface area contributed by atoms with Crippen LogP contribution in [0.1, 0.15) is 28.4 Å². The molecule has 0 radical (unpaired) electrons. The van der Waals surface area contributed by atoms with Crippen molar-refractivity contribution in [1.29, 1.82) is 0 Å². The van der Waals surface area contributed by atoms with Gasteiger partial charge in [-0.05, 0) is 56.2 Å². The molecule has 2 rings (SSSR count). The number of anilines is 1. The number of benzene rings is 2. The van der Waals surface area contributed by atoms with E-state index < -0.39 is 18.0 Å². The number of hydrogen-bond acceptors (Lipinski definition) is 3. The number of carbonyl (C=O) groups is 2. The van der Waals surface area contributed by atoms with Crippen LogP contribution < -0.4 is 10.1 Å². The van der Waals surface area contributed by atoms with Gasteiger partial charge in [0.25, 0.3) is 5.91 Å². The minimum atomic E-state index is -1.11. The Morgan fingerprint density at radius 1 is 1.17 bits per heavy atom. The molecule has 0 aliphatic heterocycles. The lowest BCUT2D eigenvalue weighted by molar-refractivity contribution is -0.122. The van der Waals surface area contributed by atoms with Gasteiger partial charge in [-0.15, -0.1) is 0 Å². The molecule has 0 fully saturated rings. The molecule has 2 N–H and O–H groups in total. The van der Waals surface area contributed by atoms with Crippen LogP contribution in [0.3, 0.4) is 0 Å². The standard InChI is InChI=1S/C18H18ClNO4/c1-10-8-13(9-11(2)16(10)19)24-12(3)17(21)20-15-7-5-4-6-14(15)18(22)23/h4-9,12H,1-3H3,(H,20,21)(H,22,23). The second kappa shape index (κ2) is 7.36. The molecule has 126 valence electrons. The number of amides is 1. The summed E-state index contributed by atoms with van der Waals surface area (Å²) in [4.78, 5) is 23.4. The van der Waals surface area contributed by atoms with Crippen LogP contribution in [0.15, 0.2) is 36.4 Å². The van der Waals surface area contributed by atoms with E-state index in [1.165, 1.54) is 12.1 Å². The van der Waals surface area contributed by atoms with Gasteiger partial charge in [-0.2, -0.15) is 0 Å². The Morgan fingerprint density at radius 2 is 1.75 bits per heavy atom. The summed E-state index contributed by atoms with van der Waals surface area (Å²) in [6, 6.07) is 9.71. The maximum atomic E-state index is 12.3. The smallest absolute Gasteiger partial charge is 0.337 e. The van der Waals surface area contributed by atoms with Crippen molar-refractivity contribution in [2.45, 2.75) is 26.9 Å². The maximum absolute atomic E-state index is 12.3. The zero-order valence-electron chi connectivity index (χ0n) is 13.6. The summed E-state index contributed by atoms with van der Waals surface area (Å²) < 4.78 is 5.65. The summed E-state index contributed by atoms with van der Waals surface area (Å²) in [5, 5.41) is 12.4. The van der Waals surface area contributed by atoms with E-state index in [1.54, 1.807) is 31.2 Å². The van der Waals surface area contributed by atoms with Crippen molar-refractivity contribution < 1.29 is 19.4 Å². The Balaban J connectivity index is 2.12. The number of ether oxygens (including phenoxy) is 1. The summed E-state index contributed by atoms with van der Waals surface area (Å²) in [5.41, 5.74) is 1.97. The third-order valence-electron chi connectivity index (χ3n) is 3.51. The third kappa shape index (κ3) is 4.06. The van der Waals surface area contributed by atoms with Crippen molar-refractivity contribution in [2.24, 2.45) is 0 Å². The van der Waals surface area contributed by atoms with Gasteiger partial charge in [-0.25, -0.2) is 4.79 Å². The Bertz CT molecular complexity index is 765. The number of rotatable bonds is 5. The highest BCUT2D eigenvalue weighted by atomic mass is 35.5. The van der Waals surface area contributed by atoms with Gasteiger partial charge in [0.1, 0.15) is 5.75 Å². The molecule has 0 aliphatic rings. The third-order valence-corrected chi connectivity index (χ3v) is 4.10. The number of carboxylic acid groups (broad SMARTS) is 1. The lowest BCUT2D eigenvalue weighted by Gasteiger charge is -2.17. The fourth-order valence-corrected chi connectivity index (χ4v) is 2.35. The van der Waals surface area contributed by atoms with Crippen molar-refractivity contribution in [3.8, 4) is 5.75 Å². The molecule has 0 spiro atoms. The van der Waals surface area contributed by atoms with Crippen LogP contribution in [0.2, 0.25) is 5.02 Å². The Morgan fingerprint density at radius 3 is 2.33 bits per heavy atom. The molecule has 24 heavy (non-hydrogen) atoms. The van der Waals surface area contributed by atoms with Crippen LogP contribution >= 0.6 is 11.6 Å². The minimum Gasteiger partial charge on any atom is -0.481 e. The maximum Gasteiger partial charge on any atom is 0.337 e. The molecule has 1 amide bonds. The zero-order valence-corrected chi connectivity index (χ0v) is 14.3. The molecule has 0 aliphatic carbocycles. The Labute approximate surface area is 145 Å². The molecule has 6 heteroatoms. The number of hydrogen-bond donors (Lipinski definition) is 2. The van der Waals surface area contributed by atoms with E-state index in [2.05, 4.69) is 5.32 Å². The molecule has 1 atom stereocenters. The number of carbonyl (C=O) groups excluding carboxylic acids is 1. The van der Waals surface area contributed by atoms with Gasteiger partial charge in [0.15, 0.2) is 6.10 Å². The van der Waals surface area contributed by atoms with Crippen LogP contribution in [-0.2, 0) is 4.79 Å². The SMILES string of the molecule is Cc1cc(OC(C)C(=O)Nc2ccccc2C(=O)O)cc(C)c1Cl. The molecule has 2 aromatic rings. The van der Waals surface area contributed by atoms with E-state index >= 15 is 0 Å². The highest BCUT2D eigenvalue weighted by molar-refractivity contribution is 6.32. The fraction of sp³-hybridized carbons (Fsp3) is 0.222. The van der Waals surface area contributed by atoms with Crippen LogP contribution in [-0.4, -0.2) is 23.1 Å². The average molecular weight is 348 g/mol. The first-order chi connectivity index (χ1) is 11.3. The van der Waals surface area contributed by atoms with Crippen LogP contribution in [0, 0.1) is 13.8 Å². The van der Waals surface area contributed by atoms with E-state index in [-0.39, 0.29) is 11.3 Å². The van der Waals surface area contributed by atoms with Crippen molar-refractivity contribution in [3.05, 3.63) is 58.1 Å². The Hall–Kier alpha value is -2.53. The first kappa shape index (κ1) is 17.8. The number of para-hydroxylation sites is 1. The summed E-state index contributed by atoms with van der Waals surface area (Å²) in [6.45, 7) is 5.31. The number of carboxylic acids is 1. The summed E-state index contributed by atoms with van der Waals surface area (Å²) >= 11 is 6.11. The van der Waals surface area contributed by atoms with Gasteiger partial charge in [0.05, 0.1) is 11.3 Å². The molecule has 1 unspecified atom stereocenters. The predicted octanol–water partition coefficient (Wildman–Crippen LogP) is 4.06. The quantitative estimate of drug-likeness (QED) is 0.855. The molecule has 0 saturated carbocycles. The van der Waals surface area contributed by atoms with E-state index in [1.807, 2.05) is 13.8 Å².